The van der Waals surface area contributed by atoms with E-state index in [1.807, 2.05) is 135 Å². The highest BCUT2D eigenvalue weighted by Gasteiger charge is 2.34. The number of anilines is 1. The van der Waals surface area contributed by atoms with Crippen molar-refractivity contribution in [3.63, 3.8) is 0 Å². The highest BCUT2D eigenvalue weighted by Crippen LogP contribution is 2.47. The largest absolute Gasteiger partial charge is 0.325 e. The number of carbonyl (C=O) groups is 2. The zero-order valence-electron chi connectivity index (χ0n) is 32.7. The Bertz CT molecular complexity index is 3210. The van der Waals surface area contributed by atoms with Gasteiger partial charge in [-0.2, -0.15) is 0 Å². The monoisotopic (exact) mass is 831 g/mol. The molecular weight excluding hydrogens is 799 g/mol. The van der Waals surface area contributed by atoms with Gasteiger partial charge in [-0.1, -0.05) is 72.8 Å². The summed E-state index contributed by atoms with van der Waals surface area (Å²) in [5, 5.41) is 7.57. The third kappa shape index (κ3) is 7.11. The van der Waals surface area contributed by atoms with E-state index in [-0.39, 0.29) is 23.5 Å². The van der Waals surface area contributed by atoms with Gasteiger partial charge in [0.05, 0.1) is 54.1 Å². The number of rotatable bonds is 8. The SMILES string of the molecule is Cc1ccccc1C(=O)NC1=NC(=Nc2[nH]c(NC(=O)c3ccccc3C)c(-c3nc4ccccc4s3)c2-c2ccccn2)C(c2ccccn2)=C1c1nc2ccccc2s1. The summed E-state index contributed by atoms with van der Waals surface area (Å²) < 4.78 is 1.95. The number of aromatic nitrogens is 5. The molecule has 0 saturated carbocycles. The fourth-order valence-electron chi connectivity index (χ4n) is 7.29. The number of aryl methyl sites for hydroxylation is 2. The molecule has 1 aliphatic rings. The lowest BCUT2D eigenvalue weighted by molar-refractivity contribution is 0.0975. The van der Waals surface area contributed by atoms with Crippen molar-refractivity contribution in [1.82, 2.24) is 30.2 Å². The molecule has 294 valence electrons. The molecule has 4 aromatic carbocycles. The van der Waals surface area contributed by atoms with Gasteiger partial charge in [0, 0.05) is 23.5 Å². The summed E-state index contributed by atoms with van der Waals surface area (Å²) in [6.07, 6.45) is 3.42. The summed E-state index contributed by atoms with van der Waals surface area (Å²) >= 11 is 2.99. The molecule has 0 bridgehead atoms. The number of hydrogen-bond acceptors (Lipinski definition) is 9. The Hall–Kier alpha value is -7.74. The van der Waals surface area contributed by atoms with E-state index in [1.54, 1.807) is 24.5 Å². The highest BCUT2D eigenvalue weighted by atomic mass is 32.1. The molecule has 9 aromatic rings. The van der Waals surface area contributed by atoms with Crippen molar-refractivity contribution in [2.75, 3.05) is 5.32 Å². The number of fused-ring (bicyclic) bond motifs is 2. The standard InChI is InChI=1S/C48H33N9O2S2/c1-27-15-3-5-17-29(27)45(58)56-43-39(47-51-31-19-7-9-23-35(31)60-47)37(33-21-11-13-25-49-33)41(54-43)53-42-38(34-22-12-14-26-50-34)40(48-52-32-20-8-10-24-36(32)61-48)44(55-42)57-46(59)30-18-6-4-16-28(30)2/h3-26,54H,1-2H3,(H,56,58)(H,53,55,57,59). The molecular formula is C48H33N9O2S2. The molecule has 0 atom stereocenters. The predicted octanol–water partition coefficient (Wildman–Crippen LogP) is 10.7. The molecule has 0 fully saturated rings. The third-order valence-corrected chi connectivity index (χ3v) is 12.3. The van der Waals surface area contributed by atoms with Crippen molar-refractivity contribution in [3.8, 4) is 21.8 Å². The molecule has 0 saturated heterocycles. The van der Waals surface area contributed by atoms with Gasteiger partial charge in [-0.05, 0) is 85.6 Å². The zero-order valence-corrected chi connectivity index (χ0v) is 34.3. The summed E-state index contributed by atoms with van der Waals surface area (Å²) in [6, 6.07) is 41.9. The Kier molecular flexibility index (Phi) is 9.71. The second-order valence-corrected chi connectivity index (χ2v) is 16.2. The van der Waals surface area contributed by atoms with Crippen molar-refractivity contribution in [2.24, 2.45) is 9.98 Å². The van der Waals surface area contributed by atoms with Crippen molar-refractivity contribution in [1.29, 1.82) is 0 Å². The second kappa shape index (κ2) is 15.8. The number of amidine groups is 2. The number of nitrogens with one attached hydrogen (secondary N) is 3. The molecule has 0 radical (unpaired) electrons. The first-order chi connectivity index (χ1) is 29.9. The van der Waals surface area contributed by atoms with Gasteiger partial charge in [-0.15, -0.1) is 22.7 Å². The Morgan fingerprint density at radius 1 is 0.574 bits per heavy atom. The molecule has 0 aliphatic carbocycles. The lowest BCUT2D eigenvalue weighted by atomic mass is 10.0. The van der Waals surface area contributed by atoms with Crippen LogP contribution in [0.25, 0.3) is 53.4 Å². The van der Waals surface area contributed by atoms with Gasteiger partial charge < -0.3 is 15.6 Å². The van der Waals surface area contributed by atoms with Gasteiger partial charge in [-0.3, -0.25) is 19.6 Å². The van der Waals surface area contributed by atoms with E-state index < -0.39 is 0 Å². The highest BCUT2D eigenvalue weighted by molar-refractivity contribution is 7.21. The summed E-state index contributed by atoms with van der Waals surface area (Å²) in [5.41, 5.74) is 7.82. The van der Waals surface area contributed by atoms with E-state index in [0.29, 0.717) is 66.4 Å². The Labute approximate surface area is 357 Å². The smallest absolute Gasteiger partial charge is 0.257 e. The quantitative estimate of drug-likeness (QED) is 0.139. The summed E-state index contributed by atoms with van der Waals surface area (Å²) in [7, 11) is 0. The zero-order chi connectivity index (χ0) is 41.5. The number of para-hydroxylation sites is 2. The third-order valence-electron chi connectivity index (χ3n) is 10.2. The van der Waals surface area contributed by atoms with E-state index in [1.165, 1.54) is 22.7 Å². The Morgan fingerprint density at radius 2 is 1.11 bits per heavy atom. The van der Waals surface area contributed by atoms with Crippen LogP contribution in [-0.2, 0) is 0 Å². The number of carbonyl (C=O) groups excluding carboxylic acids is 2. The lowest BCUT2D eigenvalue weighted by Crippen LogP contribution is -2.31. The van der Waals surface area contributed by atoms with Crippen LogP contribution in [-0.4, -0.2) is 48.4 Å². The molecule has 11 nitrogen and oxygen atoms in total. The first-order valence-corrected chi connectivity index (χ1v) is 21.0. The Morgan fingerprint density at radius 3 is 1.72 bits per heavy atom. The molecule has 0 spiro atoms. The molecule has 5 aromatic heterocycles. The normalized spacial score (nSPS) is 13.3. The average molecular weight is 832 g/mol. The molecule has 1 aliphatic heterocycles. The van der Waals surface area contributed by atoms with Gasteiger partial charge in [-0.25, -0.2) is 20.0 Å². The Balaban J connectivity index is 1.24. The topological polar surface area (TPSA) is 150 Å². The van der Waals surface area contributed by atoms with Crippen LogP contribution < -0.4 is 10.6 Å². The second-order valence-electron chi connectivity index (χ2n) is 14.2. The summed E-state index contributed by atoms with van der Waals surface area (Å²) in [5.74, 6) is 0.648. The lowest BCUT2D eigenvalue weighted by Gasteiger charge is -2.10. The van der Waals surface area contributed by atoms with Gasteiger partial charge in [0.1, 0.15) is 27.5 Å². The number of thiazole rings is 2. The number of H-pyrrole nitrogens is 1. The van der Waals surface area contributed by atoms with Crippen LogP contribution >= 0.6 is 22.7 Å². The van der Waals surface area contributed by atoms with Crippen LogP contribution in [0.4, 0.5) is 11.6 Å². The van der Waals surface area contributed by atoms with Crippen molar-refractivity contribution < 1.29 is 9.59 Å². The maximum Gasteiger partial charge on any atom is 0.257 e. The van der Waals surface area contributed by atoms with Crippen LogP contribution in [0.15, 0.2) is 156 Å². The number of aliphatic imine (C=N–C) groups is 2. The first kappa shape index (κ1) is 37.5. The van der Waals surface area contributed by atoms with Crippen LogP contribution in [0, 0.1) is 13.8 Å². The minimum Gasteiger partial charge on any atom is -0.325 e. The summed E-state index contributed by atoms with van der Waals surface area (Å²) in [4.78, 5) is 61.8. The number of hydrogen-bond donors (Lipinski definition) is 3. The van der Waals surface area contributed by atoms with E-state index in [9.17, 15) is 9.59 Å². The van der Waals surface area contributed by atoms with Gasteiger partial charge in [0.25, 0.3) is 11.8 Å². The molecule has 61 heavy (non-hydrogen) atoms. The van der Waals surface area contributed by atoms with Crippen molar-refractivity contribution in [3.05, 3.63) is 179 Å². The van der Waals surface area contributed by atoms with E-state index in [4.69, 9.17) is 29.9 Å². The minimum absolute atomic E-state index is 0.263. The molecule has 3 N–H and O–H groups in total. The molecule has 2 amide bonds. The van der Waals surface area contributed by atoms with Crippen molar-refractivity contribution >= 4 is 89.4 Å². The van der Waals surface area contributed by atoms with Crippen LogP contribution in [0.5, 0.6) is 0 Å². The molecule has 10 rings (SSSR count). The average Bonchev–Trinajstić information content (AvgIpc) is 4.07. The number of amides is 2. The predicted molar refractivity (Wildman–Crippen MR) is 246 cm³/mol. The minimum atomic E-state index is -0.328. The van der Waals surface area contributed by atoms with Crippen LogP contribution in [0.1, 0.15) is 42.5 Å². The maximum atomic E-state index is 14.1. The summed E-state index contributed by atoms with van der Waals surface area (Å²) in [6.45, 7) is 3.79. The molecule has 13 heteroatoms. The van der Waals surface area contributed by atoms with E-state index >= 15 is 0 Å². The fourth-order valence-corrected chi connectivity index (χ4v) is 9.34. The number of pyridine rings is 2. The van der Waals surface area contributed by atoms with E-state index in [2.05, 4.69) is 15.6 Å². The first-order valence-electron chi connectivity index (χ1n) is 19.4. The number of benzene rings is 4. The van der Waals surface area contributed by atoms with Crippen molar-refractivity contribution in [2.45, 2.75) is 13.8 Å². The van der Waals surface area contributed by atoms with Gasteiger partial charge in [0.15, 0.2) is 5.84 Å². The maximum absolute atomic E-state index is 14.1. The molecule has 0 unspecified atom stereocenters. The number of nitrogens with zero attached hydrogens (tertiary/aromatic N) is 6. The van der Waals surface area contributed by atoms with Gasteiger partial charge >= 0.3 is 0 Å². The fraction of sp³-hybridized carbons (Fsp3) is 0.0417. The van der Waals surface area contributed by atoms with Crippen LogP contribution in [0.2, 0.25) is 0 Å². The van der Waals surface area contributed by atoms with Crippen LogP contribution in [0.3, 0.4) is 0 Å². The van der Waals surface area contributed by atoms with Gasteiger partial charge in [0.2, 0.25) is 0 Å². The number of aromatic amines is 1. The molecule has 6 heterocycles. The van der Waals surface area contributed by atoms with E-state index in [0.717, 1.165) is 31.6 Å².